The average Bonchev–Trinajstić information content (AvgIpc) is 2.07. The molecule has 0 N–H and O–H groups in total. The van der Waals surface area contributed by atoms with Crippen molar-refractivity contribution in [1.29, 1.82) is 0 Å². The Labute approximate surface area is 75.2 Å². The fraction of sp³-hybridized carbons (Fsp3) is 0.111. The van der Waals surface area contributed by atoms with Crippen LogP contribution < -0.4 is 0 Å². The molecule has 0 spiro atoms. The summed E-state index contributed by atoms with van der Waals surface area (Å²) in [6, 6.07) is 3.93. The summed E-state index contributed by atoms with van der Waals surface area (Å²) in [6.07, 6.45) is 3.46. The lowest BCUT2D eigenvalue weighted by Crippen LogP contribution is -1.84. The van der Waals surface area contributed by atoms with Gasteiger partial charge in [0.1, 0.15) is 5.15 Å². The van der Waals surface area contributed by atoms with Gasteiger partial charge in [0.25, 0.3) is 0 Å². The first kappa shape index (κ1) is 7.50. The Bertz CT molecular complexity index is 385. The minimum absolute atomic E-state index is 0.551. The van der Waals surface area contributed by atoms with E-state index in [1.165, 1.54) is 0 Å². The van der Waals surface area contributed by atoms with E-state index in [1.54, 1.807) is 12.4 Å². The predicted molar refractivity (Wildman–Crippen MR) is 49.3 cm³/mol. The van der Waals surface area contributed by atoms with Crippen molar-refractivity contribution in [3.05, 3.63) is 35.2 Å². The van der Waals surface area contributed by atoms with Gasteiger partial charge >= 0.3 is 0 Å². The molecule has 2 aromatic rings. The molecule has 0 saturated carbocycles. The molecule has 2 heterocycles. The summed E-state index contributed by atoms with van der Waals surface area (Å²) in [5, 5.41) is 1.63. The predicted octanol–water partition coefficient (Wildman–Crippen LogP) is 2.59. The van der Waals surface area contributed by atoms with E-state index < -0.39 is 0 Å². The summed E-state index contributed by atoms with van der Waals surface area (Å²) in [7, 11) is 0. The molecule has 0 radical (unpaired) electrons. The monoisotopic (exact) mass is 178 g/mol. The topological polar surface area (TPSA) is 25.8 Å². The fourth-order valence-electron chi connectivity index (χ4n) is 1.10. The van der Waals surface area contributed by atoms with Gasteiger partial charge in [-0.05, 0) is 24.6 Å². The second-order valence-electron chi connectivity index (χ2n) is 2.66. The largest absolute Gasteiger partial charge is 0.262 e. The number of pyridine rings is 2. The van der Waals surface area contributed by atoms with Crippen molar-refractivity contribution in [3.8, 4) is 0 Å². The van der Waals surface area contributed by atoms with Crippen LogP contribution in [0.4, 0.5) is 0 Å². The zero-order valence-electron chi connectivity index (χ0n) is 6.58. The number of rotatable bonds is 0. The first-order valence-electron chi connectivity index (χ1n) is 3.64. The van der Waals surface area contributed by atoms with Crippen molar-refractivity contribution in [2.75, 3.05) is 0 Å². The third-order valence-corrected chi connectivity index (χ3v) is 2.13. The summed E-state index contributed by atoms with van der Waals surface area (Å²) in [6.45, 7) is 1.94. The molecule has 0 saturated heterocycles. The molecule has 12 heavy (non-hydrogen) atoms. The molecule has 0 aromatic carbocycles. The fourth-order valence-corrected chi connectivity index (χ4v) is 1.24. The molecule has 2 aromatic heterocycles. The van der Waals surface area contributed by atoms with E-state index >= 15 is 0 Å². The van der Waals surface area contributed by atoms with Crippen molar-refractivity contribution in [2.24, 2.45) is 0 Å². The summed E-state index contributed by atoms with van der Waals surface area (Å²) in [4.78, 5) is 8.14. The molecule has 0 bridgehead atoms. The van der Waals surface area contributed by atoms with Gasteiger partial charge in [-0.15, -0.1) is 0 Å². The molecule has 3 heteroatoms. The summed E-state index contributed by atoms with van der Waals surface area (Å²) >= 11 is 5.85. The Morgan fingerprint density at radius 3 is 3.08 bits per heavy atom. The number of hydrogen-bond acceptors (Lipinski definition) is 2. The molecular formula is C9H7ClN2. The smallest absolute Gasteiger partial charge is 0.132 e. The van der Waals surface area contributed by atoms with Crippen LogP contribution in [-0.4, -0.2) is 9.97 Å². The van der Waals surface area contributed by atoms with Crippen LogP contribution in [-0.2, 0) is 0 Å². The van der Waals surface area contributed by atoms with Crippen LogP contribution in [0.25, 0.3) is 10.9 Å². The summed E-state index contributed by atoms with van der Waals surface area (Å²) < 4.78 is 0. The lowest BCUT2D eigenvalue weighted by atomic mass is 10.2. The zero-order chi connectivity index (χ0) is 8.55. The minimum atomic E-state index is 0.551. The highest BCUT2D eigenvalue weighted by atomic mass is 35.5. The highest BCUT2D eigenvalue weighted by Crippen LogP contribution is 2.18. The maximum Gasteiger partial charge on any atom is 0.132 e. The first-order chi connectivity index (χ1) is 5.77. The van der Waals surface area contributed by atoms with E-state index in [0.29, 0.717) is 5.15 Å². The number of hydrogen-bond donors (Lipinski definition) is 0. The van der Waals surface area contributed by atoms with Crippen LogP contribution in [0.1, 0.15) is 5.56 Å². The average molecular weight is 179 g/mol. The molecule has 0 fully saturated rings. The highest BCUT2D eigenvalue weighted by Gasteiger charge is 1.99. The van der Waals surface area contributed by atoms with Crippen LogP contribution >= 0.6 is 11.6 Å². The van der Waals surface area contributed by atoms with Gasteiger partial charge in [-0.2, -0.15) is 0 Å². The van der Waals surface area contributed by atoms with Crippen molar-refractivity contribution < 1.29 is 0 Å². The third kappa shape index (κ3) is 1.14. The van der Waals surface area contributed by atoms with Crippen LogP contribution in [0.2, 0.25) is 5.15 Å². The van der Waals surface area contributed by atoms with E-state index in [-0.39, 0.29) is 0 Å². The van der Waals surface area contributed by atoms with Gasteiger partial charge in [0.2, 0.25) is 0 Å². The van der Waals surface area contributed by atoms with Crippen LogP contribution in [0.15, 0.2) is 24.5 Å². The quantitative estimate of drug-likeness (QED) is 0.580. The summed E-state index contributed by atoms with van der Waals surface area (Å²) in [5.41, 5.74) is 1.84. The van der Waals surface area contributed by atoms with Crippen molar-refractivity contribution >= 4 is 22.5 Å². The van der Waals surface area contributed by atoms with E-state index in [4.69, 9.17) is 11.6 Å². The number of nitrogens with zero attached hydrogens (tertiary/aromatic N) is 2. The molecule has 0 aliphatic rings. The van der Waals surface area contributed by atoms with Gasteiger partial charge in [0, 0.05) is 11.6 Å². The first-order valence-corrected chi connectivity index (χ1v) is 4.02. The number of halogens is 1. The molecule has 2 nitrogen and oxygen atoms in total. The molecule has 2 rings (SSSR count). The third-order valence-electron chi connectivity index (χ3n) is 1.75. The highest BCUT2D eigenvalue weighted by molar-refractivity contribution is 6.30. The van der Waals surface area contributed by atoms with E-state index in [0.717, 1.165) is 16.5 Å². The number of aryl methyl sites for hydroxylation is 1. The Hall–Kier alpha value is -1.15. The van der Waals surface area contributed by atoms with Gasteiger partial charge in [0.15, 0.2) is 0 Å². The van der Waals surface area contributed by atoms with Crippen LogP contribution in [0, 0.1) is 6.92 Å². The number of fused-ring (bicyclic) bond motifs is 1. The molecule has 0 aliphatic heterocycles. The van der Waals surface area contributed by atoms with Crippen molar-refractivity contribution in [3.63, 3.8) is 0 Å². The Morgan fingerprint density at radius 1 is 1.42 bits per heavy atom. The molecule has 60 valence electrons. The standard InChI is InChI=1S/C9H7ClN2/c1-6-4-7-2-3-11-5-8(7)12-9(6)10/h2-5H,1H3. The van der Waals surface area contributed by atoms with Crippen molar-refractivity contribution in [1.82, 2.24) is 9.97 Å². The zero-order valence-corrected chi connectivity index (χ0v) is 7.34. The van der Waals surface area contributed by atoms with Crippen LogP contribution in [0.5, 0.6) is 0 Å². The lowest BCUT2D eigenvalue weighted by molar-refractivity contribution is 1.28. The number of aromatic nitrogens is 2. The molecule has 0 amide bonds. The maximum atomic E-state index is 5.85. The lowest BCUT2D eigenvalue weighted by Gasteiger charge is -1.99. The molecule has 0 atom stereocenters. The molecule has 0 unspecified atom stereocenters. The van der Waals surface area contributed by atoms with Crippen molar-refractivity contribution in [2.45, 2.75) is 6.92 Å². The van der Waals surface area contributed by atoms with Gasteiger partial charge in [-0.3, -0.25) is 4.98 Å². The SMILES string of the molecule is Cc1cc2ccncc2nc1Cl. The maximum absolute atomic E-state index is 5.85. The van der Waals surface area contributed by atoms with E-state index in [2.05, 4.69) is 9.97 Å². The molecular weight excluding hydrogens is 172 g/mol. The van der Waals surface area contributed by atoms with Gasteiger partial charge in [-0.25, -0.2) is 4.98 Å². The van der Waals surface area contributed by atoms with Gasteiger partial charge < -0.3 is 0 Å². The molecule has 0 aliphatic carbocycles. The normalized spacial score (nSPS) is 10.5. The van der Waals surface area contributed by atoms with E-state index in [1.807, 2.05) is 19.1 Å². The van der Waals surface area contributed by atoms with Gasteiger partial charge in [-0.1, -0.05) is 11.6 Å². The Morgan fingerprint density at radius 2 is 2.25 bits per heavy atom. The minimum Gasteiger partial charge on any atom is -0.262 e. The Kier molecular flexibility index (Phi) is 1.70. The van der Waals surface area contributed by atoms with Crippen LogP contribution in [0.3, 0.4) is 0 Å². The summed E-state index contributed by atoms with van der Waals surface area (Å²) in [5.74, 6) is 0. The Balaban J connectivity index is 2.84. The van der Waals surface area contributed by atoms with E-state index in [9.17, 15) is 0 Å². The second-order valence-corrected chi connectivity index (χ2v) is 3.02. The second kappa shape index (κ2) is 2.72. The van der Waals surface area contributed by atoms with Gasteiger partial charge in [0.05, 0.1) is 11.7 Å².